The van der Waals surface area contributed by atoms with Crippen molar-refractivity contribution in [2.45, 2.75) is 6.54 Å². The van der Waals surface area contributed by atoms with Gasteiger partial charge in [-0.25, -0.2) is 4.79 Å². The number of nitrogens with zero attached hydrogens (tertiary/aromatic N) is 5. The summed E-state index contributed by atoms with van der Waals surface area (Å²) >= 11 is 12.8. The van der Waals surface area contributed by atoms with Crippen molar-refractivity contribution in [3.8, 4) is 17.6 Å². The number of hydrazone groups is 1. The van der Waals surface area contributed by atoms with Gasteiger partial charge >= 0.3 is 6.03 Å². The zero-order chi connectivity index (χ0) is 23.5. The summed E-state index contributed by atoms with van der Waals surface area (Å²) in [6, 6.07) is 10.5. The van der Waals surface area contributed by atoms with Gasteiger partial charge in [0.2, 0.25) is 0 Å². The standard InChI is InChI=1S/C22H14Cl2N6O3/c1-13-19(10-25)28-30(22(32)27-13)15-8-17(23)21(18(24)9-15)33-16-2-3-20(31)29(12-16)11-14-4-6-26-7-5-14/h2-9,12H,1,11H2,(H,27,32). The van der Waals surface area contributed by atoms with E-state index in [1.807, 2.05) is 6.07 Å². The van der Waals surface area contributed by atoms with Crippen molar-refractivity contribution in [3.05, 3.63) is 93.2 Å². The molecule has 1 aliphatic rings. The fraction of sp³-hybridized carbons (Fsp3) is 0.0455. The number of benzene rings is 1. The molecule has 0 spiro atoms. The van der Waals surface area contributed by atoms with Crippen molar-refractivity contribution in [2.24, 2.45) is 5.10 Å². The molecule has 0 unspecified atom stereocenters. The zero-order valence-corrected chi connectivity index (χ0v) is 18.3. The van der Waals surface area contributed by atoms with E-state index in [1.165, 1.54) is 35.0 Å². The number of nitrogens with one attached hydrogen (secondary N) is 1. The topological polar surface area (TPSA) is 113 Å². The molecule has 9 nitrogen and oxygen atoms in total. The first-order valence-electron chi connectivity index (χ1n) is 9.41. The summed E-state index contributed by atoms with van der Waals surface area (Å²) in [4.78, 5) is 28.5. The fourth-order valence-corrected chi connectivity index (χ4v) is 3.53. The highest BCUT2D eigenvalue weighted by molar-refractivity contribution is 6.37. The Hall–Kier alpha value is -4.13. The van der Waals surface area contributed by atoms with E-state index in [9.17, 15) is 9.59 Å². The minimum Gasteiger partial charge on any atom is -0.453 e. The molecule has 0 bridgehead atoms. The number of anilines is 1. The highest BCUT2D eigenvalue weighted by atomic mass is 35.5. The van der Waals surface area contributed by atoms with Crippen LogP contribution in [-0.2, 0) is 6.54 Å². The molecule has 0 saturated heterocycles. The number of halogens is 2. The molecule has 0 radical (unpaired) electrons. The van der Waals surface area contributed by atoms with Gasteiger partial charge in [-0.1, -0.05) is 29.8 Å². The predicted octanol–water partition coefficient (Wildman–Crippen LogP) is 4.31. The van der Waals surface area contributed by atoms with E-state index in [4.69, 9.17) is 33.2 Å². The van der Waals surface area contributed by atoms with Crippen LogP contribution in [0.2, 0.25) is 10.0 Å². The summed E-state index contributed by atoms with van der Waals surface area (Å²) in [6.45, 7) is 3.90. The van der Waals surface area contributed by atoms with Crippen LogP contribution in [0.5, 0.6) is 11.5 Å². The Kier molecular flexibility index (Phi) is 6.13. The summed E-state index contributed by atoms with van der Waals surface area (Å²) < 4.78 is 7.32. The van der Waals surface area contributed by atoms with Crippen molar-refractivity contribution < 1.29 is 9.53 Å². The minimum atomic E-state index is -0.622. The van der Waals surface area contributed by atoms with Gasteiger partial charge < -0.3 is 14.6 Å². The Labute approximate surface area is 197 Å². The van der Waals surface area contributed by atoms with Crippen LogP contribution in [0.4, 0.5) is 10.5 Å². The molecule has 1 aliphatic heterocycles. The molecule has 3 aromatic rings. The lowest BCUT2D eigenvalue weighted by Crippen LogP contribution is -2.42. The highest BCUT2D eigenvalue weighted by Crippen LogP contribution is 2.40. The first-order chi connectivity index (χ1) is 15.9. The van der Waals surface area contributed by atoms with E-state index in [1.54, 1.807) is 24.5 Å². The third-order valence-electron chi connectivity index (χ3n) is 4.55. The van der Waals surface area contributed by atoms with E-state index in [0.29, 0.717) is 12.3 Å². The number of rotatable bonds is 5. The summed E-state index contributed by atoms with van der Waals surface area (Å²) in [6.07, 6.45) is 4.82. The molecule has 1 aromatic carbocycles. The molecule has 2 aromatic heterocycles. The van der Waals surface area contributed by atoms with Gasteiger partial charge in [0.25, 0.3) is 5.56 Å². The lowest BCUT2D eigenvalue weighted by atomic mass is 10.2. The number of allylic oxidation sites excluding steroid dienone is 1. The van der Waals surface area contributed by atoms with E-state index < -0.39 is 6.03 Å². The smallest absolute Gasteiger partial charge is 0.347 e. The molecule has 4 rings (SSSR count). The predicted molar refractivity (Wildman–Crippen MR) is 124 cm³/mol. The lowest BCUT2D eigenvalue weighted by Gasteiger charge is -2.24. The molecular weight excluding hydrogens is 467 g/mol. The number of aromatic nitrogens is 2. The minimum absolute atomic E-state index is 0.0568. The maximum absolute atomic E-state index is 12.3. The number of nitriles is 1. The monoisotopic (exact) mass is 480 g/mol. The molecule has 164 valence electrons. The SMILES string of the molecule is C=C1NC(=O)N(c2cc(Cl)c(Oc3ccc(=O)n(Cc4ccncc4)c3)c(Cl)c2)N=C1C#N. The van der Waals surface area contributed by atoms with E-state index in [0.717, 1.165) is 10.6 Å². The first-order valence-corrected chi connectivity index (χ1v) is 10.2. The molecule has 33 heavy (non-hydrogen) atoms. The normalized spacial score (nSPS) is 13.2. The van der Waals surface area contributed by atoms with Gasteiger partial charge in [-0.15, -0.1) is 0 Å². The van der Waals surface area contributed by atoms with Crippen molar-refractivity contribution in [1.29, 1.82) is 5.26 Å². The highest BCUT2D eigenvalue weighted by Gasteiger charge is 2.26. The van der Waals surface area contributed by atoms with Crippen LogP contribution in [-0.4, -0.2) is 21.3 Å². The molecule has 1 N–H and O–H groups in total. The van der Waals surface area contributed by atoms with Gasteiger partial charge in [0.15, 0.2) is 11.5 Å². The van der Waals surface area contributed by atoms with Crippen LogP contribution in [0, 0.1) is 11.3 Å². The third kappa shape index (κ3) is 4.72. The Bertz CT molecular complexity index is 1370. The Balaban J connectivity index is 1.63. The first kappa shape index (κ1) is 22.1. The van der Waals surface area contributed by atoms with E-state index in [-0.39, 0.29) is 38.5 Å². The number of hydrogen-bond acceptors (Lipinski definition) is 6. The van der Waals surface area contributed by atoms with Gasteiger partial charge in [-0.3, -0.25) is 9.78 Å². The Morgan fingerprint density at radius 1 is 1.12 bits per heavy atom. The molecule has 3 heterocycles. The molecule has 2 amide bonds. The van der Waals surface area contributed by atoms with E-state index >= 15 is 0 Å². The lowest BCUT2D eigenvalue weighted by molar-refractivity contribution is 0.248. The van der Waals surface area contributed by atoms with Gasteiger partial charge in [0.1, 0.15) is 11.8 Å². The maximum atomic E-state index is 12.3. The number of carbonyl (C=O) groups excluding carboxylic acids is 1. The van der Waals surface area contributed by atoms with Crippen LogP contribution in [0.1, 0.15) is 5.56 Å². The average molecular weight is 481 g/mol. The van der Waals surface area contributed by atoms with Gasteiger partial charge in [-0.05, 0) is 35.9 Å². The summed E-state index contributed by atoms with van der Waals surface area (Å²) in [5.74, 6) is 0.458. The van der Waals surface area contributed by atoms with E-state index in [2.05, 4.69) is 22.0 Å². The quantitative estimate of drug-likeness (QED) is 0.584. The second-order valence-corrected chi connectivity index (χ2v) is 7.62. The summed E-state index contributed by atoms with van der Waals surface area (Å²) in [7, 11) is 0. The summed E-state index contributed by atoms with van der Waals surface area (Å²) in [5, 5.41) is 16.7. The van der Waals surface area contributed by atoms with Gasteiger partial charge in [-0.2, -0.15) is 15.4 Å². The molecule has 0 saturated carbocycles. The zero-order valence-electron chi connectivity index (χ0n) is 16.8. The summed E-state index contributed by atoms with van der Waals surface area (Å²) in [5.41, 5.74) is 0.939. The van der Waals surface area contributed by atoms with Crippen molar-refractivity contribution in [3.63, 3.8) is 0 Å². The molecule has 0 atom stereocenters. The van der Waals surface area contributed by atoms with Gasteiger partial charge in [0, 0.05) is 18.5 Å². The Morgan fingerprint density at radius 2 is 1.82 bits per heavy atom. The van der Waals surface area contributed by atoms with Crippen LogP contribution < -0.4 is 20.6 Å². The number of urea groups is 1. The number of ether oxygens (including phenoxy) is 1. The maximum Gasteiger partial charge on any atom is 0.347 e. The number of hydrogen-bond donors (Lipinski definition) is 1. The van der Waals surface area contributed by atoms with Crippen LogP contribution >= 0.6 is 23.2 Å². The second-order valence-electron chi connectivity index (χ2n) is 6.81. The largest absolute Gasteiger partial charge is 0.453 e. The van der Waals surface area contributed by atoms with Crippen molar-refractivity contribution in [1.82, 2.24) is 14.9 Å². The van der Waals surface area contributed by atoms with Crippen LogP contribution in [0.25, 0.3) is 0 Å². The average Bonchev–Trinajstić information content (AvgIpc) is 2.79. The molecule has 11 heteroatoms. The molecule has 0 aliphatic carbocycles. The van der Waals surface area contributed by atoms with Crippen molar-refractivity contribution in [2.75, 3.05) is 5.01 Å². The third-order valence-corrected chi connectivity index (χ3v) is 5.11. The van der Waals surface area contributed by atoms with Gasteiger partial charge in [0.05, 0.1) is 34.2 Å². The molecule has 0 fully saturated rings. The molecular formula is C22H14Cl2N6O3. The van der Waals surface area contributed by atoms with Crippen LogP contribution in [0.3, 0.4) is 0 Å². The number of pyridine rings is 2. The second kappa shape index (κ2) is 9.16. The number of carbonyl (C=O) groups is 1. The van der Waals surface area contributed by atoms with Crippen LogP contribution in [0.15, 0.2) is 77.2 Å². The van der Waals surface area contributed by atoms with Crippen molar-refractivity contribution >= 4 is 40.6 Å². The fourth-order valence-electron chi connectivity index (χ4n) is 2.97. The number of amides is 2. The Morgan fingerprint density at radius 3 is 2.48 bits per heavy atom.